The normalized spacial score (nSPS) is 21.6. The Labute approximate surface area is 230 Å². The van der Waals surface area contributed by atoms with Gasteiger partial charge >= 0.3 is 0 Å². The Hall–Kier alpha value is -2.96. The van der Waals surface area contributed by atoms with Crippen molar-refractivity contribution in [2.45, 2.75) is 63.1 Å². The second kappa shape index (κ2) is 12.1. The Kier molecular flexibility index (Phi) is 8.97. The number of benzene rings is 1. The van der Waals surface area contributed by atoms with Crippen molar-refractivity contribution in [2.75, 3.05) is 32.1 Å². The average molecular weight is 562 g/mol. The first-order chi connectivity index (χ1) is 18.5. The molecule has 1 aromatic carbocycles. The second-order valence-electron chi connectivity index (χ2n) is 10.8. The van der Waals surface area contributed by atoms with E-state index >= 15 is 0 Å². The molecule has 0 radical (unpaired) electrons. The summed E-state index contributed by atoms with van der Waals surface area (Å²) in [5.41, 5.74) is 0.752. The van der Waals surface area contributed by atoms with Crippen molar-refractivity contribution in [3.8, 4) is 5.75 Å². The molecule has 2 aliphatic rings. The largest absolute Gasteiger partial charge is 0.488 e. The van der Waals surface area contributed by atoms with Crippen molar-refractivity contribution in [1.29, 1.82) is 0 Å². The Morgan fingerprint density at radius 3 is 2.64 bits per heavy atom. The van der Waals surface area contributed by atoms with Crippen LogP contribution in [0.2, 0.25) is 0 Å². The number of anilines is 1. The number of fused-ring (bicyclic) bond motifs is 1. The van der Waals surface area contributed by atoms with Crippen LogP contribution in [0.1, 0.15) is 56.3 Å². The third kappa shape index (κ3) is 6.44. The summed E-state index contributed by atoms with van der Waals surface area (Å²) < 4.78 is 35.3. The highest BCUT2D eigenvalue weighted by atomic mass is 32.2. The maximum absolute atomic E-state index is 13.7. The minimum atomic E-state index is -3.86. The van der Waals surface area contributed by atoms with Gasteiger partial charge in [0.05, 0.1) is 31.1 Å². The van der Waals surface area contributed by atoms with Gasteiger partial charge < -0.3 is 24.6 Å². The molecule has 214 valence electrons. The van der Waals surface area contributed by atoms with E-state index in [1.54, 1.807) is 41.6 Å². The molecule has 39 heavy (non-hydrogen) atoms. The Morgan fingerprint density at radius 1 is 1.28 bits per heavy atom. The molecular formula is C27H39N5O6S. The number of nitrogens with one attached hydrogen (secondary N) is 1. The molecule has 0 bridgehead atoms. The second-order valence-corrected chi connectivity index (χ2v) is 12.8. The van der Waals surface area contributed by atoms with Crippen molar-refractivity contribution < 1.29 is 27.9 Å². The molecule has 1 aliphatic heterocycles. The van der Waals surface area contributed by atoms with Gasteiger partial charge in [-0.05, 0) is 38.0 Å². The zero-order valence-corrected chi connectivity index (χ0v) is 23.9. The highest BCUT2D eigenvalue weighted by molar-refractivity contribution is 7.89. The number of amides is 2. The van der Waals surface area contributed by atoms with Crippen LogP contribution in [0.15, 0.2) is 35.7 Å². The minimum Gasteiger partial charge on any atom is -0.488 e. The van der Waals surface area contributed by atoms with Gasteiger partial charge in [-0.3, -0.25) is 9.59 Å². The van der Waals surface area contributed by atoms with Crippen LogP contribution in [0.4, 0.5) is 5.69 Å². The molecule has 2 N–H and O–H groups in total. The lowest BCUT2D eigenvalue weighted by Gasteiger charge is -2.38. The Balaban J connectivity index is 1.62. The average Bonchev–Trinajstić information content (AvgIpc) is 3.38. The zero-order chi connectivity index (χ0) is 28.3. The molecule has 11 nitrogen and oxygen atoms in total. The summed E-state index contributed by atoms with van der Waals surface area (Å²) in [6.45, 7) is 3.69. The Bertz CT molecular complexity index is 1290. The van der Waals surface area contributed by atoms with Crippen LogP contribution >= 0.6 is 0 Å². The van der Waals surface area contributed by atoms with Crippen molar-refractivity contribution >= 4 is 27.5 Å². The number of aliphatic hydroxyl groups is 1. The summed E-state index contributed by atoms with van der Waals surface area (Å²) >= 11 is 0. The monoisotopic (exact) mass is 561 g/mol. The van der Waals surface area contributed by atoms with E-state index < -0.39 is 22.2 Å². The number of hydrogen-bond acceptors (Lipinski definition) is 7. The first kappa shape index (κ1) is 29.0. The molecule has 3 atom stereocenters. The summed E-state index contributed by atoms with van der Waals surface area (Å²) in [5, 5.41) is 12.8. The van der Waals surface area contributed by atoms with E-state index in [0.717, 1.165) is 32.1 Å². The summed E-state index contributed by atoms with van der Waals surface area (Å²) in [4.78, 5) is 32.1. The maximum atomic E-state index is 13.7. The maximum Gasteiger partial charge on any atom is 0.261 e. The van der Waals surface area contributed by atoms with Crippen LogP contribution in [0.3, 0.4) is 0 Å². The molecule has 1 fully saturated rings. The highest BCUT2D eigenvalue weighted by Gasteiger charge is 2.36. The molecule has 2 heterocycles. The van der Waals surface area contributed by atoms with Gasteiger partial charge in [-0.1, -0.05) is 26.2 Å². The number of carbonyl (C=O) groups excluding carboxylic acids is 2. The number of ether oxygens (including phenoxy) is 1. The van der Waals surface area contributed by atoms with Crippen LogP contribution in [0.25, 0.3) is 0 Å². The lowest BCUT2D eigenvalue weighted by molar-refractivity contribution is -0.120. The standard InChI is InChI=1S/C27H39N5O6S/c1-18-13-32(19(2)16-33)27(35)22-12-21(29-26(34)20-8-6-5-7-9-20)10-11-23(22)38-24(18)14-31(4)39(36,37)25-15-30(3)17-28-25/h10-12,15,17-20,24,33H,5-9,13-14,16H2,1-4H3,(H,29,34)/t18-,19+,24-/m0/s1. The van der Waals surface area contributed by atoms with Gasteiger partial charge in [0.1, 0.15) is 11.9 Å². The summed E-state index contributed by atoms with van der Waals surface area (Å²) in [7, 11) is -0.690. The minimum absolute atomic E-state index is 0.0230. The van der Waals surface area contributed by atoms with Gasteiger partial charge in [0.25, 0.3) is 15.9 Å². The molecule has 12 heteroatoms. The molecule has 2 amide bonds. The molecular weight excluding hydrogens is 522 g/mol. The van der Waals surface area contributed by atoms with E-state index in [-0.39, 0.29) is 53.9 Å². The molecule has 1 saturated carbocycles. The predicted octanol–water partition coefficient (Wildman–Crippen LogP) is 2.48. The molecule has 0 unspecified atom stereocenters. The van der Waals surface area contributed by atoms with E-state index in [1.807, 2.05) is 6.92 Å². The van der Waals surface area contributed by atoms with Crippen LogP contribution in [-0.4, -0.2) is 83.0 Å². The van der Waals surface area contributed by atoms with E-state index in [9.17, 15) is 23.1 Å². The molecule has 2 aromatic rings. The number of rotatable bonds is 8. The number of sulfonamides is 1. The van der Waals surface area contributed by atoms with Gasteiger partial charge in [-0.2, -0.15) is 4.31 Å². The zero-order valence-electron chi connectivity index (χ0n) is 23.0. The molecule has 0 saturated heterocycles. The summed E-state index contributed by atoms with van der Waals surface area (Å²) in [5.74, 6) is -0.378. The number of aromatic nitrogens is 2. The van der Waals surface area contributed by atoms with Crippen LogP contribution in [0, 0.1) is 11.8 Å². The lowest BCUT2D eigenvalue weighted by Crippen LogP contribution is -2.50. The number of aryl methyl sites for hydroxylation is 1. The number of nitrogens with zero attached hydrogens (tertiary/aromatic N) is 4. The van der Waals surface area contributed by atoms with Gasteiger partial charge in [-0.15, -0.1) is 0 Å². The predicted molar refractivity (Wildman–Crippen MR) is 146 cm³/mol. The van der Waals surface area contributed by atoms with Gasteiger partial charge in [0.15, 0.2) is 5.03 Å². The highest BCUT2D eigenvalue weighted by Crippen LogP contribution is 2.32. The molecule has 1 aromatic heterocycles. The van der Waals surface area contributed by atoms with Crippen molar-refractivity contribution in [3.63, 3.8) is 0 Å². The number of hydrogen-bond donors (Lipinski definition) is 2. The van der Waals surface area contributed by atoms with Crippen molar-refractivity contribution in [1.82, 2.24) is 18.8 Å². The van der Waals surface area contributed by atoms with Gasteiger partial charge in [0.2, 0.25) is 5.91 Å². The fraction of sp³-hybridized carbons (Fsp3) is 0.593. The number of carbonyl (C=O) groups is 2. The van der Waals surface area contributed by atoms with Gasteiger partial charge in [0, 0.05) is 44.4 Å². The smallest absolute Gasteiger partial charge is 0.261 e. The van der Waals surface area contributed by atoms with Crippen LogP contribution in [-0.2, 0) is 21.9 Å². The van der Waals surface area contributed by atoms with E-state index in [0.29, 0.717) is 11.4 Å². The van der Waals surface area contributed by atoms with Crippen LogP contribution in [0.5, 0.6) is 5.75 Å². The van der Waals surface area contributed by atoms with E-state index in [1.165, 1.54) is 23.9 Å². The molecule has 1 aliphatic carbocycles. The topological polar surface area (TPSA) is 134 Å². The van der Waals surface area contributed by atoms with Gasteiger partial charge in [-0.25, -0.2) is 13.4 Å². The lowest BCUT2D eigenvalue weighted by atomic mass is 9.88. The third-order valence-corrected chi connectivity index (χ3v) is 9.41. The third-order valence-electron chi connectivity index (χ3n) is 7.70. The van der Waals surface area contributed by atoms with Crippen LogP contribution < -0.4 is 10.1 Å². The van der Waals surface area contributed by atoms with Crippen molar-refractivity contribution in [2.24, 2.45) is 18.9 Å². The number of imidazole rings is 1. The van der Waals surface area contributed by atoms with Crippen molar-refractivity contribution in [3.05, 3.63) is 36.3 Å². The molecule has 0 spiro atoms. The fourth-order valence-corrected chi connectivity index (χ4v) is 6.30. The fourth-order valence-electron chi connectivity index (χ4n) is 5.16. The first-order valence-electron chi connectivity index (χ1n) is 13.5. The van der Waals surface area contributed by atoms with E-state index in [4.69, 9.17) is 4.74 Å². The number of likely N-dealkylation sites (N-methyl/N-ethyl adjacent to an activating group) is 1. The number of aliphatic hydroxyl groups excluding tert-OH is 1. The quantitative estimate of drug-likeness (QED) is 0.506. The van der Waals surface area contributed by atoms with E-state index in [2.05, 4.69) is 10.3 Å². The Morgan fingerprint density at radius 2 is 2.00 bits per heavy atom. The SMILES string of the molecule is C[C@H](CO)N1C[C@H](C)[C@H](CN(C)S(=O)(=O)c2cn(C)cn2)Oc2ccc(NC(=O)C3CCCCC3)cc2C1=O. The first-order valence-corrected chi connectivity index (χ1v) is 14.9. The summed E-state index contributed by atoms with van der Waals surface area (Å²) in [6, 6.07) is 4.48. The molecule has 4 rings (SSSR count). The summed E-state index contributed by atoms with van der Waals surface area (Å²) in [6.07, 6.45) is 7.19.